The molecule has 1 rings (SSSR count). The number of hydrogen-bond acceptors (Lipinski definition) is 4. The minimum atomic E-state index is -0.261. The summed E-state index contributed by atoms with van der Waals surface area (Å²) in [5.74, 6) is 0.704. The number of hydrogen-bond donors (Lipinski definition) is 4. The van der Waals surface area contributed by atoms with Crippen LogP contribution in [0.1, 0.15) is 46.0 Å². The minimum Gasteiger partial charge on any atom is -0.409 e. The summed E-state index contributed by atoms with van der Waals surface area (Å²) in [5, 5.41) is 24.8. The monoisotopic (exact) mass is 257 g/mol. The maximum Gasteiger partial charge on any atom is 0.144 e. The van der Waals surface area contributed by atoms with Crippen LogP contribution in [-0.2, 0) is 0 Å². The van der Waals surface area contributed by atoms with Gasteiger partial charge in [0.1, 0.15) is 5.84 Å². The lowest BCUT2D eigenvalue weighted by atomic mass is 9.86. The predicted octanol–water partition coefficient (Wildman–Crippen LogP) is 1.29. The third kappa shape index (κ3) is 4.46. The van der Waals surface area contributed by atoms with Crippen molar-refractivity contribution in [3.05, 3.63) is 0 Å². The number of rotatable bonds is 7. The fraction of sp³-hybridized carbons (Fsp3) is 0.923. The zero-order valence-corrected chi connectivity index (χ0v) is 11.5. The van der Waals surface area contributed by atoms with Gasteiger partial charge in [-0.2, -0.15) is 0 Å². The van der Waals surface area contributed by atoms with Crippen molar-refractivity contribution >= 4 is 5.84 Å². The lowest BCUT2D eigenvalue weighted by molar-refractivity contribution is 0.131. The molecule has 0 saturated heterocycles. The summed E-state index contributed by atoms with van der Waals surface area (Å²) in [6.07, 6.45) is 4.96. The number of nitrogens with zero attached hydrogens (tertiary/aromatic N) is 1. The molecule has 1 aliphatic rings. The fourth-order valence-electron chi connectivity index (χ4n) is 2.46. The maximum absolute atomic E-state index is 9.68. The van der Waals surface area contributed by atoms with Gasteiger partial charge in [0.15, 0.2) is 0 Å². The van der Waals surface area contributed by atoms with Crippen LogP contribution >= 0.6 is 0 Å². The molecule has 0 radical (unpaired) electrons. The topological polar surface area (TPSA) is 90.9 Å². The molecule has 1 aliphatic carbocycles. The van der Waals surface area contributed by atoms with E-state index >= 15 is 0 Å². The normalized spacial score (nSPS) is 25.6. The Hall–Kier alpha value is -0.810. The lowest BCUT2D eigenvalue weighted by Crippen LogP contribution is -2.33. The lowest BCUT2D eigenvalue weighted by Gasteiger charge is -2.23. The van der Waals surface area contributed by atoms with Crippen LogP contribution in [0, 0.1) is 11.3 Å². The van der Waals surface area contributed by atoms with E-state index in [2.05, 4.69) is 10.5 Å². The summed E-state index contributed by atoms with van der Waals surface area (Å²) in [6, 6.07) is 0. The Morgan fingerprint density at radius 3 is 2.72 bits per heavy atom. The molecule has 5 heteroatoms. The maximum atomic E-state index is 9.68. The number of oxime groups is 1. The van der Waals surface area contributed by atoms with Gasteiger partial charge in [-0.25, -0.2) is 0 Å². The van der Waals surface area contributed by atoms with Crippen molar-refractivity contribution in [2.45, 2.75) is 52.1 Å². The zero-order valence-electron chi connectivity index (χ0n) is 11.5. The average Bonchev–Trinajstić information content (AvgIpc) is 2.73. The van der Waals surface area contributed by atoms with Gasteiger partial charge in [0.2, 0.25) is 0 Å². The highest BCUT2D eigenvalue weighted by Crippen LogP contribution is 2.25. The molecule has 5 nitrogen and oxygen atoms in total. The van der Waals surface area contributed by atoms with E-state index in [1.165, 1.54) is 0 Å². The minimum absolute atomic E-state index is 0.119. The summed E-state index contributed by atoms with van der Waals surface area (Å²) in [4.78, 5) is 0. The predicted molar refractivity (Wildman–Crippen MR) is 72.6 cm³/mol. The first kappa shape index (κ1) is 15.2. The molecule has 0 spiro atoms. The Kier molecular flexibility index (Phi) is 5.88. The van der Waals surface area contributed by atoms with Gasteiger partial charge < -0.3 is 21.4 Å². The standard InChI is InChI=1S/C13H27N3O2/c1-13(2,12(14)16-18)7-4-8-15-9-10-5-3-6-11(10)17/h10-11,15,17-18H,3-9H2,1-2H3,(H2,14,16). The molecule has 2 atom stereocenters. The molecular weight excluding hydrogens is 230 g/mol. The highest BCUT2D eigenvalue weighted by Gasteiger charge is 2.25. The summed E-state index contributed by atoms with van der Waals surface area (Å²) < 4.78 is 0. The first-order chi connectivity index (χ1) is 8.47. The van der Waals surface area contributed by atoms with Crippen LogP contribution in [-0.4, -0.2) is 35.3 Å². The molecule has 5 N–H and O–H groups in total. The van der Waals surface area contributed by atoms with Crippen molar-refractivity contribution in [1.29, 1.82) is 0 Å². The van der Waals surface area contributed by atoms with Crippen molar-refractivity contribution < 1.29 is 10.3 Å². The second kappa shape index (κ2) is 6.95. The van der Waals surface area contributed by atoms with Gasteiger partial charge in [-0.3, -0.25) is 0 Å². The number of aliphatic hydroxyl groups excluding tert-OH is 1. The van der Waals surface area contributed by atoms with Crippen LogP contribution in [0.15, 0.2) is 5.16 Å². The Morgan fingerprint density at radius 2 is 2.17 bits per heavy atom. The molecule has 2 unspecified atom stereocenters. The second-order valence-corrected chi connectivity index (χ2v) is 5.94. The van der Waals surface area contributed by atoms with Crippen LogP contribution < -0.4 is 11.1 Å². The summed E-state index contributed by atoms with van der Waals surface area (Å²) in [7, 11) is 0. The Morgan fingerprint density at radius 1 is 1.44 bits per heavy atom. The number of aliphatic hydroxyl groups is 1. The quantitative estimate of drug-likeness (QED) is 0.182. The third-order valence-corrected chi connectivity index (χ3v) is 3.98. The van der Waals surface area contributed by atoms with Gasteiger partial charge in [0.05, 0.1) is 6.10 Å². The van der Waals surface area contributed by atoms with Crippen molar-refractivity contribution in [2.75, 3.05) is 13.1 Å². The van der Waals surface area contributed by atoms with Crippen LogP contribution in [0.25, 0.3) is 0 Å². The summed E-state index contributed by atoms with van der Waals surface area (Å²) in [5.41, 5.74) is 5.37. The average molecular weight is 257 g/mol. The summed E-state index contributed by atoms with van der Waals surface area (Å²) >= 11 is 0. The van der Waals surface area contributed by atoms with Crippen LogP contribution in [0.5, 0.6) is 0 Å². The Balaban J connectivity index is 2.11. The van der Waals surface area contributed by atoms with Crippen molar-refractivity contribution in [3.63, 3.8) is 0 Å². The van der Waals surface area contributed by atoms with Crippen LogP contribution in [0.3, 0.4) is 0 Å². The molecule has 106 valence electrons. The Bertz CT molecular complexity index is 279. The Labute approximate surface area is 109 Å². The highest BCUT2D eigenvalue weighted by molar-refractivity contribution is 5.85. The van der Waals surface area contributed by atoms with Gasteiger partial charge in [0, 0.05) is 12.0 Å². The molecule has 0 amide bonds. The zero-order chi connectivity index (χ0) is 13.6. The molecule has 1 saturated carbocycles. The van der Waals surface area contributed by atoms with Gasteiger partial charge >= 0.3 is 0 Å². The van der Waals surface area contributed by atoms with Crippen molar-refractivity contribution in [3.8, 4) is 0 Å². The van der Waals surface area contributed by atoms with Gasteiger partial charge in [-0.15, -0.1) is 0 Å². The van der Waals surface area contributed by atoms with E-state index in [-0.39, 0.29) is 17.4 Å². The highest BCUT2D eigenvalue weighted by atomic mass is 16.4. The molecule has 0 aromatic rings. The molecule has 0 aromatic carbocycles. The van der Waals surface area contributed by atoms with Gasteiger partial charge in [0.25, 0.3) is 0 Å². The molecule has 0 heterocycles. The third-order valence-electron chi connectivity index (χ3n) is 3.98. The van der Waals surface area contributed by atoms with Gasteiger partial charge in [-0.1, -0.05) is 25.4 Å². The fourth-order valence-corrected chi connectivity index (χ4v) is 2.46. The van der Waals surface area contributed by atoms with Crippen molar-refractivity contribution in [2.24, 2.45) is 22.2 Å². The molecule has 0 bridgehead atoms. The van der Waals surface area contributed by atoms with Crippen LogP contribution in [0.4, 0.5) is 0 Å². The van der Waals surface area contributed by atoms with Crippen LogP contribution in [0.2, 0.25) is 0 Å². The first-order valence-corrected chi connectivity index (χ1v) is 6.84. The number of amidine groups is 1. The largest absolute Gasteiger partial charge is 0.409 e. The summed E-state index contributed by atoms with van der Waals surface area (Å²) in [6.45, 7) is 5.75. The van der Waals surface area contributed by atoms with E-state index in [1.807, 2.05) is 13.8 Å². The van der Waals surface area contributed by atoms with E-state index in [0.29, 0.717) is 5.92 Å². The van der Waals surface area contributed by atoms with E-state index in [9.17, 15) is 5.11 Å². The molecule has 0 aliphatic heterocycles. The van der Waals surface area contributed by atoms with E-state index < -0.39 is 0 Å². The molecule has 0 aromatic heterocycles. The molecular formula is C13H27N3O2. The smallest absolute Gasteiger partial charge is 0.144 e. The number of nitrogens with two attached hydrogens (primary N) is 1. The first-order valence-electron chi connectivity index (χ1n) is 6.84. The van der Waals surface area contributed by atoms with E-state index in [4.69, 9.17) is 10.9 Å². The molecule has 1 fully saturated rings. The van der Waals surface area contributed by atoms with E-state index in [1.54, 1.807) is 0 Å². The van der Waals surface area contributed by atoms with E-state index in [0.717, 1.165) is 45.2 Å². The van der Waals surface area contributed by atoms with Crippen molar-refractivity contribution in [1.82, 2.24) is 5.32 Å². The SMILES string of the molecule is CC(C)(CCCNCC1CCCC1O)C(N)=NO. The number of nitrogens with one attached hydrogen (secondary N) is 1. The second-order valence-electron chi connectivity index (χ2n) is 5.94. The van der Waals surface area contributed by atoms with Gasteiger partial charge in [-0.05, 0) is 38.1 Å². The molecule has 18 heavy (non-hydrogen) atoms.